The maximum absolute atomic E-state index is 12.4. The number of piperazine rings is 1. The summed E-state index contributed by atoms with van der Waals surface area (Å²) in [7, 11) is 2.64. The fourth-order valence-electron chi connectivity index (χ4n) is 7.46. The van der Waals surface area contributed by atoms with Gasteiger partial charge in [-0.25, -0.2) is 0 Å². The molecule has 0 spiro atoms. The van der Waals surface area contributed by atoms with E-state index in [2.05, 4.69) is 63.3 Å². The van der Waals surface area contributed by atoms with Crippen LogP contribution in [0.4, 0.5) is 17.1 Å². The number of nitrogens with zero attached hydrogens (tertiary/aromatic N) is 4. The number of piperidine rings is 1. The Kier molecular flexibility index (Phi) is 12.9. The van der Waals surface area contributed by atoms with Crippen molar-refractivity contribution in [2.75, 3.05) is 61.6 Å². The largest absolute Gasteiger partial charge is 0.400 e. The molecule has 6 rings (SSSR count). The molecule has 0 bridgehead atoms. The Morgan fingerprint density at radius 2 is 1.53 bits per heavy atom. The van der Waals surface area contributed by atoms with Crippen LogP contribution in [0.25, 0.3) is 0 Å². The highest BCUT2D eigenvalue weighted by molar-refractivity contribution is 6.18. The van der Waals surface area contributed by atoms with Gasteiger partial charge in [0.1, 0.15) is 6.29 Å². The average Bonchev–Trinajstić information content (AvgIpc) is 3.55. The van der Waals surface area contributed by atoms with Crippen LogP contribution >= 0.6 is 0 Å². The van der Waals surface area contributed by atoms with Crippen molar-refractivity contribution in [3.05, 3.63) is 114 Å². The number of carbonyl (C=O) groups is 2. The number of hydrogen-bond donors (Lipinski definition) is 4. The minimum absolute atomic E-state index is 0.0504. The van der Waals surface area contributed by atoms with Crippen molar-refractivity contribution < 1.29 is 14.7 Å². The van der Waals surface area contributed by atoms with Crippen molar-refractivity contribution in [1.29, 1.82) is 10.8 Å². The molecule has 3 aromatic carbocycles. The van der Waals surface area contributed by atoms with E-state index in [0.29, 0.717) is 42.0 Å². The van der Waals surface area contributed by atoms with Gasteiger partial charge >= 0.3 is 0 Å². The summed E-state index contributed by atoms with van der Waals surface area (Å²) in [4.78, 5) is 33.0. The van der Waals surface area contributed by atoms with E-state index >= 15 is 0 Å². The molecule has 0 radical (unpaired) electrons. The number of nitrogens with one attached hydrogen (secondary N) is 3. The van der Waals surface area contributed by atoms with Gasteiger partial charge in [0.15, 0.2) is 0 Å². The van der Waals surface area contributed by atoms with Crippen molar-refractivity contribution in [2.24, 2.45) is 0 Å². The standard InChI is InChI=1S/C40H47N7O2.CH4O/c1-29-28-45(33-12-10-30(11-13-33)36(9-6-26-48)40(49)43-2)24-25-46(29)35-18-21-44(22-19-35)32-14-16-34(17-15-32)47-23-20-37(41)39(47)27-38(42)31-7-4-3-5-8-31;1-2/h3-5,7-8,10-17,20,23,26-27,29,35-36,41-42H,6,9,18-19,21-22,24-25,28H2,1-2H3,(H,43,49);2H,1H3/b39-27+,41-37?,42-38?;. The minimum atomic E-state index is -0.307. The molecule has 3 aliphatic heterocycles. The molecule has 1 amide bonds. The summed E-state index contributed by atoms with van der Waals surface area (Å²) < 4.78 is 0. The second-order valence-corrected chi connectivity index (χ2v) is 13.2. The summed E-state index contributed by atoms with van der Waals surface area (Å²) >= 11 is 0. The van der Waals surface area contributed by atoms with Crippen molar-refractivity contribution in [1.82, 2.24) is 10.2 Å². The Morgan fingerprint density at radius 3 is 2.16 bits per heavy atom. The molecule has 4 N–H and O–H groups in total. The first-order valence-corrected chi connectivity index (χ1v) is 17.8. The maximum atomic E-state index is 12.4. The van der Waals surface area contributed by atoms with Crippen LogP contribution < -0.4 is 20.0 Å². The topological polar surface area (TPSA) is 127 Å². The number of aliphatic hydroxyl groups excluding tert-OH is 1. The van der Waals surface area contributed by atoms with Gasteiger partial charge in [-0.1, -0.05) is 42.5 Å². The molecule has 268 valence electrons. The van der Waals surface area contributed by atoms with E-state index in [0.717, 1.165) is 75.8 Å². The number of aldehydes is 1. The van der Waals surface area contributed by atoms with E-state index in [-0.39, 0.29) is 11.8 Å². The summed E-state index contributed by atoms with van der Waals surface area (Å²) in [6, 6.07) is 27.5. The first kappa shape index (κ1) is 37.2. The number of likely N-dealkylation sites (N-methyl/N-ethyl adjacent to an activating group) is 1. The number of allylic oxidation sites excluding steroid dienone is 2. The second kappa shape index (κ2) is 17.7. The molecule has 0 saturated carbocycles. The van der Waals surface area contributed by atoms with Crippen molar-refractivity contribution in [3.63, 3.8) is 0 Å². The summed E-state index contributed by atoms with van der Waals surface area (Å²) in [5.41, 5.74) is 6.65. The number of amides is 1. The van der Waals surface area contributed by atoms with Crippen LogP contribution in [-0.2, 0) is 9.59 Å². The van der Waals surface area contributed by atoms with Crippen molar-refractivity contribution >= 4 is 40.7 Å². The van der Waals surface area contributed by atoms with E-state index in [1.165, 1.54) is 11.4 Å². The highest BCUT2D eigenvalue weighted by Gasteiger charge is 2.32. The van der Waals surface area contributed by atoms with Gasteiger partial charge in [-0.05, 0) is 85.9 Å². The molecule has 10 heteroatoms. The first-order chi connectivity index (χ1) is 24.9. The molecule has 3 aliphatic rings. The van der Waals surface area contributed by atoms with Gasteiger partial charge in [0.25, 0.3) is 0 Å². The molecule has 3 aromatic rings. The number of benzene rings is 3. The fourth-order valence-corrected chi connectivity index (χ4v) is 7.46. The van der Waals surface area contributed by atoms with Crippen LogP contribution in [0.1, 0.15) is 49.7 Å². The smallest absolute Gasteiger partial charge is 0.227 e. The quantitative estimate of drug-likeness (QED) is 0.153. The molecular weight excluding hydrogens is 638 g/mol. The lowest BCUT2D eigenvalue weighted by atomic mass is 9.93. The van der Waals surface area contributed by atoms with E-state index in [9.17, 15) is 9.59 Å². The molecule has 0 aromatic heterocycles. The van der Waals surface area contributed by atoms with Crippen LogP contribution in [0, 0.1) is 10.8 Å². The summed E-state index contributed by atoms with van der Waals surface area (Å²) in [5.74, 6) is -0.358. The van der Waals surface area contributed by atoms with Crippen LogP contribution in [0.5, 0.6) is 0 Å². The third-order valence-electron chi connectivity index (χ3n) is 10.2. The zero-order valence-corrected chi connectivity index (χ0v) is 30.0. The highest BCUT2D eigenvalue weighted by Crippen LogP contribution is 2.31. The molecular formula is C41H51N7O3. The number of rotatable bonds is 11. The van der Waals surface area contributed by atoms with E-state index in [4.69, 9.17) is 15.9 Å². The van der Waals surface area contributed by atoms with Gasteiger partial charge in [-0.2, -0.15) is 0 Å². The van der Waals surface area contributed by atoms with Crippen LogP contribution in [-0.4, -0.2) is 92.6 Å². The Balaban J connectivity index is 0.00000248. The summed E-state index contributed by atoms with van der Waals surface area (Å²) in [5, 5.41) is 26.7. The predicted octanol–water partition coefficient (Wildman–Crippen LogP) is 5.59. The lowest BCUT2D eigenvalue weighted by molar-refractivity contribution is -0.122. The molecule has 2 saturated heterocycles. The van der Waals surface area contributed by atoms with Crippen LogP contribution in [0.2, 0.25) is 0 Å². The summed E-state index contributed by atoms with van der Waals surface area (Å²) in [6.07, 6.45) is 9.49. The Hall–Kier alpha value is -5.06. The second-order valence-electron chi connectivity index (χ2n) is 13.2. The average molecular weight is 690 g/mol. The third-order valence-corrected chi connectivity index (χ3v) is 10.2. The van der Waals surface area contributed by atoms with Crippen molar-refractivity contribution in [2.45, 2.75) is 50.6 Å². The van der Waals surface area contributed by atoms with E-state index in [1.54, 1.807) is 19.2 Å². The van der Waals surface area contributed by atoms with Gasteiger partial charge < -0.3 is 35.3 Å². The zero-order chi connectivity index (χ0) is 36.3. The monoisotopic (exact) mass is 689 g/mol. The fraction of sp³-hybridized carbons (Fsp3) is 0.366. The normalized spacial score (nSPS) is 19.5. The summed E-state index contributed by atoms with van der Waals surface area (Å²) in [6.45, 7) is 7.33. The SMILES string of the molecule is CNC(=O)C(CCC=O)c1ccc(N2CCN(C3CCN(c4ccc(N5C=CC(=N)/C5=C\C(=N)c5ccccc5)cc4)CC3)C(C)C2)cc1.CO. The van der Waals surface area contributed by atoms with Crippen LogP contribution in [0.15, 0.2) is 103 Å². The molecule has 10 nitrogen and oxygen atoms in total. The van der Waals surface area contributed by atoms with E-state index in [1.807, 2.05) is 53.6 Å². The predicted molar refractivity (Wildman–Crippen MR) is 207 cm³/mol. The first-order valence-electron chi connectivity index (χ1n) is 17.8. The Morgan fingerprint density at radius 1 is 0.902 bits per heavy atom. The van der Waals surface area contributed by atoms with Gasteiger partial charge in [-0.15, -0.1) is 0 Å². The number of anilines is 3. The van der Waals surface area contributed by atoms with Gasteiger partial charge in [-0.3, -0.25) is 15.1 Å². The van der Waals surface area contributed by atoms with Crippen LogP contribution in [0.3, 0.4) is 0 Å². The number of carbonyl (C=O) groups excluding carboxylic acids is 2. The zero-order valence-electron chi connectivity index (χ0n) is 30.0. The van der Waals surface area contributed by atoms with Gasteiger partial charge in [0, 0.05) is 88.6 Å². The molecule has 2 atom stereocenters. The number of aliphatic hydroxyl groups is 1. The lowest BCUT2D eigenvalue weighted by Gasteiger charge is -2.47. The van der Waals surface area contributed by atoms with E-state index < -0.39 is 0 Å². The molecule has 2 fully saturated rings. The number of hydrogen-bond acceptors (Lipinski definition) is 9. The maximum Gasteiger partial charge on any atom is 0.227 e. The molecule has 2 unspecified atom stereocenters. The van der Waals surface area contributed by atoms with Gasteiger partial charge in [0.2, 0.25) is 5.91 Å². The van der Waals surface area contributed by atoms with Gasteiger partial charge in [0.05, 0.1) is 23.0 Å². The molecule has 0 aliphatic carbocycles. The Bertz CT molecular complexity index is 1700. The minimum Gasteiger partial charge on any atom is -0.400 e. The Labute approximate surface area is 302 Å². The third kappa shape index (κ3) is 8.82. The molecule has 3 heterocycles. The molecule has 51 heavy (non-hydrogen) atoms. The lowest BCUT2D eigenvalue weighted by Crippen LogP contribution is -2.57. The highest BCUT2D eigenvalue weighted by atomic mass is 16.2. The van der Waals surface area contributed by atoms with Crippen molar-refractivity contribution in [3.8, 4) is 0 Å².